The van der Waals surface area contributed by atoms with Crippen LogP contribution in [0.4, 0.5) is 13.6 Å². The SMILES string of the molecule is CCOc1cnc(O[C@@H]2C[C@H]3C(=O)N[C@]4(C(=O)NS(=O)(=O)C5(C)CC5)C[C@H]4C=CCC[C@H](C)C[C@@H](CC)[C@H](NC(=O)OC(C)(C)C(F)F)C(=O)N3C2)c2ccccc12. The third-order valence-electron chi connectivity index (χ3n) is 12.1. The number of hydrogen-bond donors (Lipinski definition) is 3. The molecule has 6 rings (SSSR count). The Morgan fingerprint density at radius 1 is 1.12 bits per heavy atom. The second kappa shape index (κ2) is 16.6. The number of nitrogens with one attached hydrogen (secondary N) is 3. The van der Waals surface area contributed by atoms with Crippen molar-refractivity contribution >= 4 is 44.6 Å². The van der Waals surface area contributed by atoms with Gasteiger partial charge in [-0.2, -0.15) is 0 Å². The van der Waals surface area contributed by atoms with E-state index in [2.05, 4.69) is 20.3 Å². The number of halogens is 2. The fourth-order valence-electron chi connectivity index (χ4n) is 7.92. The summed E-state index contributed by atoms with van der Waals surface area (Å²) in [6.45, 7) is 9.68. The molecule has 0 spiro atoms. The molecule has 4 aliphatic rings. The molecule has 2 saturated carbocycles. The van der Waals surface area contributed by atoms with E-state index in [1.54, 1.807) is 6.92 Å². The topological polar surface area (TPSA) is 182 Å². The average Bonchev–Trinajstić information content (AvgIpc) is 4.05. The van der Waals surface area contributed by atoms with Crippen molar-refractivity contribution < 1.29 is 50.6 Å². The first-order chi connectivity index (χ1) is 27.3. The van der Waals surface area contributed by atoms with E-state index in [4.69, 9.17) is 14.2 Å². The number of carbonyl (C=O) groups is 4. The lowest BCUT2D eigenvalue weighted by atomic mass is 9.85. The van der Waals surface area contributed by atoms with Gasteiger partial charge in [0.25, 0.3) is 12.3 Å². The maximum atomic E-state index is 14.9. The van der Waals surface area contributed by atoms with Crippen molar-refractivity contribution in [2.24, 2.45) is 17.8 Å². The largest absolute Gasteiger partial charge is 0.492 e. The number of hydrogen-bond acceptors (Lipinski definition) is 10. The van der Waals surface area contributed by atoms with Crippen LogP contribution in [0.1, 0.15) is 92.9 Å². The summed E-state index contributed by atoms with van der Waals surface area (Å²) in [5.41, 5.74) is -3.76. The lowest BCUT2D eigenvalue weighted by molar-refractivity contribution is -0.142. The number of amides is 4. The van der Waals surface area contributed by atoms with Gasteiger partial charge < -0.3 is 29.7 Å². The van der Waals surface area contributed by atoms with Gasteiger partial charge in [-0.05, 0) is 84.1 Å². The van der Waals surface area contributed by atoms with Crippen molar-refractivity contribution in [2.45, 2.75) is 133 Å². The minimum atomic E-state index is -4.05. The molecule has 3 fully saturated rings. The molecule has 58 heavy (non-hydrogen) atoms. The zero-order chi connectivity index (χ0) is 42.2. The van der Waals surface area contributed by atoms with Crippen LogP contribution in [-0.4, -0.2) is 95.8 Å². The van der Waals surface area contributed by atoms with Gasteiger partial charge in [-0.1, -0.05) is 50.6 Å². The molecular formula is C41H55F2N5O9S. The monoisotopic (exact) mass is 831 g/mol. The number of sulfonamides is 1. The molecule has 318 valence electrons. The molecule has 4 amide bonds. The Bertz CT molecular complexity index is 2040. The Kier molecular flexibility index (Phi) is 12.3. The van der Waals surface area contributed by atoms with E-state index >= 15 is 0 Å². The van der Waals surface area contributed by atoms with Gasteiger partial charge in [0.2, 0.25) is 27.7 Å². The Hall–Kier alpha value is -4.54. The first kappa shape index (κ1) is 43.0. The quantitative estimate of drug-likeness (QED) is 0.248. The molecule has 2 aliphatic carbocycles. The molecule has 17 heteroatoms. The molecule has 0 radical (unpaired) electrons. The smallest absolute Gasteiger partial charge is 0.408 e. The molecule has 2 aromatic rings. The summed E-state index contributed by atoms with van der Waals surface area (Å²) in [5.74, 6) is -2.43. The minimum absolute atomic E-state index is 0.0336. The zero-order valence-corrected chi connectivity index (χ0v) is 34.7. The van der Waals surface area contributed by atoms with Crippen molar-refractivity contribution in [1.82, 2.24) is 25.2 Å². The van der Waals surface area contributed by atoms with Crippen LogP contribution in [0.3, 0.4) is 0 Å². The summed E-state index contributed by atoms with van der Waals surface area (Å²) < 4.78 is 72.5. The van der Waals surface area contributed by atoms with E-state index in [-0.39, 0.29) is 31.2 Å². The van der Waals surface area contributed by atoms with Gasteiger partial charge in [-0.3, -0.25) is 19.1 Å². The number of rotatable bonds is 11. The molecule has 3 N–H and O–H groups in total. The van der Waals surface area contributed by atoms with E-state index in [0.717, 1.165) is 19.2 Å². The number of alkyl halides is 2. The van der Waals surface area contributed by atoms with Gasteiger partial charge in [-0.15, -0.1) is 0 Å². The molecule has 7 atom stereocenters. The highest BCUT2D eigenvalue weighted by atomic mass is 32.2. The van der Waals surface area contributed by atoms with Crippen molar-refractivity contribution in [3.8, 4) is 11.6 Å². The van der Waals surface area contributed by atoms with Gasteiger partial charge in [-0.25, -0.2) is 27.0 Å². The number of alkyl carbamates (subject to hydrolysis) is 1. The van der Waals surface area contributed by atoms with Gasteiger partial charge in [0, 0.05) is 23.1 Å². The van der Waals surface area contributed by atoms with E-state index in [9.17, 15) is 36.4 Å². The maximum absolute atomic E-state index is 14.9. The molecule has 1 aromatic carbocycles. The molecule has 3 heterocycles. The van der Waals surface area contributed by atoms with Gasteiger partial charge in [0.05, 0.1) is 24.1 Å². The Morgan fingerprint density at radius 3 is 2.48 bits per heavy atom. The Labute approximate surface area is 338 Å². The first-order valence-corrected chi connectivity index (χ1v) is 21.6. The minimum Gasteiger partial charge on any atom is -0.492 e. The highest BCUT2D eigenvalue weighted by Gasteiger charge is 2.63. The van der Waals surface area contributed by atoms with Crippen LogP contribution in [0.2, 0.25) is 0 Å². The fourth-order valence-corrected chi connectivity index (χ4v) is 9.23. The number of carbonyl (C=O) groups excluding carboxylic acids is 4. The maximum Gasteiger partial charge on any atom is 0.408 e. The number of fused-ring (bicyclic) bond motifs is 3. The number of pyridine rings is 1. The Morgan fingerprint density at radius 2 is 1.83 bits per heavy atom. The van der Waals surface area contributed by atoms with E-state index in [1.807, 2.05) is 57.2 Å². The van der Waals surface area contributed by atoms with Gasteiger partial charge >= 0.3 is 6.09 Å². The molecule has 0 bridgehead atoms. The molecule has 14 nitrogen and oxygen atoms in total. The fraction of sp³-hybridized carbons (Fsp3) is 0.634. The summed E-state index contributed by atoms with van der Waals surface area (Å²) in [5, 5.41) is 6.80. The van der Waals surface area contributed by atoms with Crippen LogP contribution >= 0.6 is 0 Å². The predicted octanol–water partition coefficient (Wildman–Crippen LogP) is 5.40. The van der Waals surface area contributed by atoms with Crippen LogP contribution in [-0.2, 0) is 29.1 Å². The summed E-state index contributed by atoms with van der Waals surface area (Å²) in [6.07, 6.45) is 3.27. The highest BCUT2D eigenvalue weighted by Crippen LogP contribution is 2.48. The van der Waals surface area contributed by atoms with Crippen LogP contribution in [0.5, 0.6) is 11.6 Å². The van der Waals surface area contributed by atoms with Crippen molar-refractivity contribution in [3.63, 3.8) is 0 Å². The molecule has 0 unspecified atom stereocenters. The van der Waals surface area contributed by atoms with E-state index < -0.39 is 86.2 Å². The summed E-state index contributed by atoms with van der Waals surface area (Å²) in [6, 6.07) is 4.78. The average molecular weight is 832 g/mol. The van der Waals surface area contributed by atoms with Crippen LogP contribution in [0, 0.1) is 17.8 Å². The van der Waals surface area contributed by atoms with Gasteiger partial charge in [0.15, 0.2) is 5.60 Å². The lowest BCUT2D eigenvalue weighted by Gasteiger charge is -2.34. The summed E-state index contributed by atoms with van der Waals surface area (Å²) >= 11 is 0. The molecule has 1 aromatic heterocycles. The zero-order valence-electron chi connectivity index (χ0n) is 33.9. The van der Waals surface area contributed by atoms with Crippen LogP contribution in [0.25, 0.3) is 10.8 Å². The van der Waals surface area contributed by atoms with Gasteiger partial charge in [0.1, 0.15) is 29.5 Å². The van der Waals surface area contributed by atoms with Crippen LogP contribution < -0.4 is 24.8 Å². The van der Waals surface area contributed by atoms with Crippen molar-refractivity contribution in [3.05, 3.63) is 42.6 Å². The standard InChI is InChI=1S/C41H55F2N5O9S/c1-7-25-19-24(3)13-9-10-14-26-21-41(26,37(51)47-58(53,54)40(6)17-18-40)46-33(49)30-20-27(56-34-29-16-12-11-15-28(29)31(22-44-34)55-8-2)23-48(30)35(50)32(25)45-38(52)57-39(4,5)36(42)43/h10-12,14-16,22,24-27,30,32,36H,7-9,13,17-21,23H2,1-6H3,(H,45,52)(H,46,49)(H,47,51)/t24-,25+,26+,27+,30-,32-,41+/m0/s1. The summed E-state index contributed by atoms with van der Waals surface area (Å²) in [7, 11) is -4.05. The third-order valence-corrected chi connectivity index (χ3v) is 14.2. The number of ether oxygens (including phenoxy) is 3. The predicted molar refractivity (Wildman–Crippen MR) is 211 cm³/mol. The van der Waals surface area contributed by atoms with E-state index in [0.29, 0.717) is 56.3 Å². The second-order valence-electron chi connectivity index (χ2n) is 17.0. The summed E-state index contributed by atoms with van der Waals surface area (Å²) in [4.78, 5) is 62.5. The molecule has 1 saturated heterocycles. The highest BCUT2D eigenvalue weighted by molar-refractivity contribution is 7.91. The van der Waals surface area contributed by atoms with Crippen molar-refractivity contribution in [2.75, 3.05) is 13.2 Å². The second-order valence-corrected chi connectivity index (χ2v) is 19.2. The molecule has 2 aliphatic heterocycles. The normalized spacial score (nSPS) is 28.7. The number of aromatic nitrogens is 1. The number of benzene rings is 1. The lowest BCUT2D eigenvalue weighted by Crippen LogP contribution is -2.59. The van der Waals surface area contributed by atoms with E-state index in [1.165, 1.54) is 11.1 Å². The first-order valence-electron chi connectivity index (χ1n) is 20.2. The number of allylic oxidation sites excluding steroid dienone is 1. The molecular weight excluding hydrogens is 777 g/mol. The van der Waals surface area contributed by atoms with Crippen LogP contribution in [0.15, 0.2) is 42.6 Å². The Balaban J connectivity index is 1.37. The third kappa shape index (κ3) is 8.88. The number of nitrogens with zero attached hydrogens (tertiary/aromatic N) is 2. The van der Waals surface area contributed by atoms with Crippen molar-refractivity contribution in [1.29, 1.82) is 0 Å².